The Hall–Kier alpha value is -0.670. The fourth-order valence-corrected chi connectivity index (χ4v) is 4.65. The van der Waals surface area contributed by atoms with Gasteiger partial charge in [-0.25, -0.2) is 8.42 Å². The summed E-state index contributed by atoms with van der Waals surface area (Å²) in [5, 5.41) is 2.73. The molecule has 0 aliphatic heterocycles. The van der Waals surface area contributed by atoms with Gasteiger partial charge in [0.15, 0.2) is 0 Å². The van der Waals surface area contributed by atoms with Crippen LogP contribution in [-0.2, 0) is 14.8 Å². The van der Waals surface area contributed by atoms with Crippen LogP contribution in [0.5, 0.6) is 0 Å². The lowest BCUT2D eigenvalue weighted by Crippen LogP contribution is -2.41. The van der Waals surface area contributed by atoms with Gasteiger partial charge in [-0.05, 0) is 25.2 Å². The third-order valence-corrected chi connectivity index (χ3v) is 6.73. The number of nitrogens with zero attached hydrogens (tertiary/aromatic N) is 2. The van der Waals surface area contributed by atoms with Crippen molar-refractivity contribution in [1.29, 1.82) is 0 Å². The predicted octanol–water partition coefficient (Wildman–Crippen LogP) is 1.48. The summed E-state index contributed by atoms with van der Waals surface area (Å²) in [4.78, 5) is 14.0. The molecular formula is C13H22ClN3O3S2. The van der Waals surface area contributed by atoms with E-state index in [0.29, 0.717) is 10.9 Å². The third-order valence-electron chi connectivity index (χ3n) is 3.22. The molecule has 1 aromatic heterocycles. The zero-order chi connectivity index (χ0) is 16.8. The minimum atomic E-state index is -3.67. The second-order valence-electron chi connectivity index (χ2n) is 4.70. The number of carbonyl (C=O) groups is 1. The van der Waals surface area contributed by atoms with Crippen molar-refractivity contribution in [3.63, 3.8) is 0 Å². The molecular weight excluding hydrogens is 346 g/mol. The highest BCUT2D eigenvalue weighted by atomic mass is 35.5. The molecule has 0 spiro atoms. The Balaban J connectivity index is 2.50. The van der Waals surface area contributed by atoms with Gasteiger partial charge >= 0.3 is 0 Å². The van der Waals surface area contributed by atoms with E-state index in [0.717, 1.165) is 35.3 Å². The normalized spacial score (nSPS) is 12.1. The zero-order valence-electron chi connectivity index (χ0n) is 13.0. The first-order valence-electron chi connectivity index (χ1n) is 7.02. The van der Waals surface area contributed by atoms with Crippen molar-refractivity contribution in [1.82, 2.24) is 14.5 Å². The van der Waals surface area contributed by atoms with Gasteiger partial charge in [-0.15, -0.1) is 11.3 Å². The van der Waals surface area contributed by atoms with Crippen LogP contribution in [0.4, 0.5) is 0 Å². The van der Waals surface area contributed by atoms with Crippen molar-refractivity contribution in [2.45, 2.75) is 18.1 Å². The van der Waals surface area contributed by atoms with Crippen LogP contribution < -0.4 is 5.32 Å². The van der Waals surface area contributed by atoms with Crippen molar-refractivity contribution in [2.75, 3.05) is 39.8 Å². The van der Waals surface area contributed by atoms with Crippen LogP contribution in [-0.4, -0.2) is 63.3 Å². The number of nitrogens with one attached hydrogen (secondary N) is 1. The van der Waals surface area contributed by atoms with E-state index < -0.39 is 10.0 Å². The molecule has 0 aliphatic carbocycles. The van der Waals surface area contributed by atoms with Crippen LogP contribution in [0.15, 0.2) is 16.3 Å². The Bertz CT molecular complexity index is 585. The van der Waals surface area contributed by atoms with E-state index in [4.69, 9.17) is 11.6 Å². The molecule has 9 heteroatoms. The topological polar surface area (TPSA) is 69.7 Å². The van der Waals surface area contributed by atoms with Crippen molar-refractivity contribution in [2.24, 2.45) is 0 Å². The van der Waals surface area contributed by atoms with Gasteiger partial charge in [0, 0.05) is 20.1 Å². The number of thiophene rings is 1. The Kier molecular flexibility index (Phi) is 7.78. The molecule has 1 aromatic rings. The predicted molar refractivity (Wildman–Crippen MR) is 89.9 cm³/mol. The Labute approximate surface area is 141 Å². The molecule has 0 unspecified atom stereocenters. The van der Waals surface area contributed by atoms with Crippen LogP contribution in [0.2, 0.25) is 4.34 Å². The van der Waals surface area contributed by atoms with Crippen LogP contribution in [0.1, 0.15) is 13.8 Å². The van der Waals surface area contributed by atoms with Crippen molar-refractivity contribution < 1.29 is 13.2 Å². The number of sulfonamides is 1. The molecule has 0 saturated carbocycles. The monoisotopic (exact) mass is 367 g/mol. The lowest BCUT2D eigenvalue weighted by Gasteiger charge is -2.19. The highest BCUT2D eigenvalue weighted by Gasteiger charge is 2.24. The number of halogens is 1. The average molecular weight is 368 g/mol. The third kappa shape index (κ3) is 5.51. The SMILES string of the molecule is CCN(CC)CCNC(=O)CN(C)S(=O)(=O)c1ccc(Cl)s1. The summed E-state index contributed by atoms with van der Waals surface area (Å²) in [6.45, 7) is 6.97. The van der Waals surface area contributed by atoms with Gasteiger partial charge in [0.25, 0.3) is 10.0 Å². The lowest BCUT2D eigenvalue weighted by molar-refractivity contribution is -0.121. The van der Waals surface area contributed by atoms with E-state index in [1.165, 1.54) is 19.2 Å². The van der Waals surface area contributed by atoms with Gasteiger partial charge in [0.1, 0.15) is 4.21 Å². The fourth-order valence-electron chi connectivity index (χ4n) is 1.83. The molecule has 0 saturated heterocycles. The molecule has 0 radical (unpaired) electrons. The fraction of sp³-hybridized carbons (Fsp3) is 0.615. The molecule has 1 N–H and O–H groups in total. The molecule has 1 heterocycles. The highest BCUT2D eigenvalue weighted by Crippen LogP contribution is 2.27. The van der Waals surface area contributed by atoms with Gasteiger partial charge in [-0.3, -0.25) is 4.79 Å². The molecule has 0 fully saturated rings. The quantitative estimate of drug-likeness (QED) is 0.717. The zero-order valence-corrected chi connectivity index (χ0v) is 15.4. The van der Waals surface area contributed by atoms with Gasteiger partial charge < -0.3 is 10.2 Å². The first kappa shape index (κ1) is 19.4. The van der Waals surface area contributed by atoms with Crippen LogP contribution in [0, 0.1) is 0 Å². The minimum absolute atomic E-state index is 0.135. The Morgan fingerprint density at radius 2 is 1.95 bits per heavy atom. The molecule has 0 aromatic carbocycles. The molecule has 0 bridgehead atoms. The summed E-state index contributed by atoms with van der Waals surface area (Å²) in [6.07, 6.45) is 0. The second kappa shape index (κ2) is 8.83. The molecule has 6 nitrogen and oxygen atoms in total. The van der Waals surface area contributed by atoms with E-state index in [9.17, 15) is 13.2 Å². The van der Waals surface area contributed by atoms with E-state index >= 15 is 0 Å². The molecule has 1 rings (SSSR count). The van der Waals surface area contributed by atoms with Gasteiger partial charge in [0.05, 0.1) is 10.9 Å². The molecule has 1 amide bonds. The maximum absolute atomic E-state index is 12.2. The van der Waals surface area contributed by atoms with E-state index in [1.807, 2.05) is 0 Å². The number of rotatable bonds is 9. The molecule has 0 aliphatic rings. The first-order valence-corrected chi connectivity index (χ1v) is 9.65. The first-order chi connectivity index (χ1) is 10.3. The van der Waals surface area contributed by atoms with E-state index in [1.54, 1.807) is 0 Å². The average Bonchev–Trinajstić information content (AvgIpc) is 2.91. The second-order valence-corrected chi connectivity index (χ2v) is 8.68. The largest absolute Gasteiger partial charge is 0.354 e. The van der Waals surface area contributed by atoms with Crippen molar-refractivity contribution in [3.8, 4) is 0 Å². The maximum Gasteiger partial charge on any atom is 0.252 e. The van der Waals surface area contributed by atoms with Gasteiger partial charge in [-0.2, -0.15) is 4.31 Å². The van der Waals surface area contributed by atoms with Crippen LogP contribution >= 0.6 is 22.9 Å². The van der Waals surface area contributed by atoms with Crippen molar-refractivity contribution >= 4 is 38.9 Å². The van der Waals surface area contributed by atoms with Crippen LogP contribution in [0.25, 0.3) is 0 Å². The summed E-state index contributed by atoms with van der Waals surface area (Å²) in [7, 11) is -2.29. The molecule has 22 heavy (non-hydrogen) atoms. The number of amides is 1. The number of hydrogen-bond acceptors (Lipinski definition) is 5. The maximum atomic E-state index is 12.2. The van der Waals surface area contributed by atoms with Crippen LogP contribution in [0.3, 0.4) is 0 Å². The van der Waals surface area contributed by atoms with E-state index in [-0.39, 0.29) is 16.7 Å². The standard InChI is InChI=1S/C13H22ClN3O3S2/c1-4-17(5-2)9-8-15-12(18)10-16(3)22(19,20)13-7-6-11(14)21-13/h6-7H,4-5,8-10H2,1-3H3,(H,15,18). The molecule has 0 atom stereocenters. The number of hydrogen-bond donors (Lipinski definition) is 1. The Morgan fingerprint density at radius 1 is 1.32 bits per heavy atom. The number of carbonyl (C=O) groups excluding carboxylic acids is 1. The minimum Gasteiger partial charge on any atom is -0.354 e. The lowest BCUT2D eigenvalue weighted by atomic mass is 10.4. The smallest absolute Gasteiger partial charge is 0.252 e. The Morgan fingerprint density at radius 3 is 2.45 bits per heavy atom. The highest BCUT2D eigenvalue weighted by molar-refractivity contribution is 7.91. The summed E-state index contributed by atoms with van der Waals surface area (Å²) in [6, 6.07) is 2.97. The summed E-state index contributed by atoms with van der Waals surface area (Å²) >= 11 is 6.73. The summed E-state index contributed by atoms with van der Waals surface area (Å²) < 4.78 is 26.1. The van der Waals surface area contributed by atoms with E-state index in [2.05, 4.69) is 24.1 Å². The van der Waals surface area contributed by atoms with Crippen molar-refractivity contribution in [3.05, 3.63) is 16.5 Å². The van der Waals surface area contributed by atoms with Gasteiger partial charge in [-0.1, -0.05) is 25.4 Å². The summed E-state index contributed by atoms with van der Waals surface area (Å²) in [5.41, 5.74) is 0. The molecule has 126 valence electrons. The van der Waals surface area contributed by atoms with Gasteiger partial charge in [0.2, 0.25) is 5.91 Å². The number of likely N-dealkylation sites (N-methyl/N-ethyl adjacent to an activating group) is 2. The summed E-state index contributed by atoms with van der Waals surface area (Å²) in [5.74, 6) is -0.319.